The van der Waals surface area contributed by atoms with Crippen LogP contribution in [0.5, 0.6) is 0 Å². The van der Waals surface area contributed by atoms with Gasteiger partial charge in [-0.15, -0.1) is 11.3 Å². The number of rotatable bonds is 6. The lowest BCUT2D eigenvalue weighted by molar-refractivity contribution is 0.722. The average Bonchev–Trinajstić information content (AvgIpc) is 3.82. The van der Waals surface area contributed by atoms with Crippen molar-refractivity contribution in [1.82, 2.24) is 0 Å². The summed E-state index contributed by atoms with van der Waals surface area (Å²) in [4.78, 5) is 7.45. The molecule has 4 heteroatoms. The highest BCUT2D eigenvalue weighted by Crippen LogP contribution is 2.62. The third-order valence-electron chi connectivity index (χ3n) is 12.1. The maximum Gasteiger partial charge on any atom is 0.0735 e. The van der Waals surface area contributed by atoms with Crippen LogP contribution in [0.3, 0.4) is 0 Å². The first kappa shape index (κ1) is 34.2. The van der Waals surface area contributed by atoms with Gasteiger partial charge in [0.15, 0.2) is 0 Å². The molecule has 0 saturated carbocycles. The summed E-state index contributed by atoms with van der Waals surface area (Å²) in [6.07, 6.45) is 0. The summed E-state index contributed by atoms with van der Waals surface area (Å²) in [5.74, 6) is 0. The molecule has 278 valence electrons. The van der Waals surface area contributed by atoms with Crippen molar-refractivity contribution < 1.29 is 0 Å². The molecule has 1 spiro atoms. The smallest absolute Gasteiger partial charge is 0.0735 e. The van der Waals surface area contributed by atoms with Gasteiger partial charge in [-0.25, -0.2) is 0 Å². The molecule has 0 fully saturated rings. The number of fused-ring (bicyclic) bond motifs is 12. The molecule has 9 aromatic carbocycles. The largest absolute Gasteiger partial charge is 0.310 e. The quantitative estimate of drug-likeness (QED) is 0.166. The average molecular weight is 789 g/mol. The van der Waals surface area contributed by atoms with Crippen molar-refractivity contribution in [2.45, 2.75) is 15.2 Å². The fourth-order valence-corrected chi connectivity index (χ4v) is 12.1. The summed E-state index contributed by atoms with van der Waals surface area (Å²) in [7, 11) is 0. The predicted molar refractivity (Wildman–Crippen MR) is 250 cm³/mol. The topological polar surface area (TPSA) is 6.48 Å². The van der Waals surface area contributed by atoms with Crippen molar-refractivity contribution in [3.8, 4) is 11.1 Å². The molecular formula is C55H36N2S2. The highest BCUT2D eigenvalue weighted by Gasteiger charge is 2.50. The maximum atomic E-state index is 2.44. The molecule has 0 bridgehead atoms. The number of thiophene rings is 1. The monoisotopic (exact) mass is 788 g/mol. The van der Waals surface area contributed by atoms with Gasteiger partial charge < -0.3 is 9.80 Å². The molecule has 1 aliphatic carbocycles. The zero-order chi connectivity index (χ0) is 38.9. The van der Waals surface area contributed by atoms with E-state index in [2.05, 4.69) is 228 Å². The van der Waals surface area contributed by atoms with Crippen molar-refractivity contribution in [3.05, 3.63) is 241 Å². The normalized spacial score (nSPS) is 13.2. The molecule has 59 heavy (non-hydrogen) atoms. The summed E-state index contributed by atoms with van der Waals surface area (Å²) in [5, 5.41) is 2.52. The van der Waals surface area contributed by atoms with Gasteiger partial charge in [-0.2, -0.15) is 0 Å². The Hall–Kier alpha value is -6.85. The second kappa shape index (κ2) is 13.6. The summed E-state index contributed by atoms with van der Waals surface area (Å²) >= 11 is 3.75. The van der Waals surface area contributed by atoms with E-state index in [1.54, 1.807) is 0 Å². The molecule has 1 aromatic heterocycles. The van der Waals surface area contributed by atoms with Crippen molar-refractivity contribution in [3.63, 3.8) is 0 Å². The summed E-state index contributed by atoms with van der Waals surface area (Å²) in [6, 6.07) is 80.3. The molecular weight excluding hydrogens is 753 g/mol. The number of para-hydroxylation sites is 3. The first-order valence-electron chi connectivity index (χ1n) is 20.1. The fourth-order valence-electron chi connectivity index (χ4n) is 9.71. The summed E-state index contributed by atoms with van der Waals surface area (Å²) in [6.45, 7) is 0. The van der Waals surface area contributed by atoms with Gasteiger partial charge in [0.05, 0.1) is 11.1 Å². The van der Waals surface area contributed by atoms with Crippen molar-refractivity contribution >= 4 is 77.4 Å². The minimum Gasteiger partial charge on any atom is -0.310 e. The van der Waals surface area contributed by atoms with Crippen LogP contribution in [0.4, 0.5) is 34.1 Å². The first-order valence-corrected chi connectivity index (χ1v) is 21.7. The molecule has 0 saturated heterocycles. The van der Waals surface area contributed by atoms with Crippen LogP contribution < -0.4 is 9.80 Å². The molecule has 0 radical (unpaired) electrons. The van der Waals surface area contributed by atoms with Gasteiger partial charge in [-0.1, -0.05) is 145 Å². The van der Waals surface area contributed by atoms with Gasteiger partial charge in [-0.3, -0.25) is 0 Å². The summed E-state index contributed by atoms with van der Waals surface area (Å²) < 4.78 is 2.52. The number of anilines is 6. The Labute approximate surface area is 352 Å². The van der Waals surface area contributed by atoms with E-state index >= 15 is 0 Å². The molecule has 0 N–H and O–H groups in total. The van der Waals surface area contributed by atoms with E-state index in [1.807, 2.05) is 23.1 Å². The Kier molecular flexibility index (Phi) is 7.90. The van der Waals surface area contributed by atoms with E-state index in [-0.39, 0.29) is 0 Å². The van der Waals surface area contributed by atoms with Gasteiger partial charge in [0.1, 0.15) is 0 Å². The molecule has 0 atom stereocenters. The van der Waals surface area contributed by atoms with E-state index in [0.717, 1.165) is 28.4 Å². The SMILES string of the molecule is c1ccc(N(c2ccc3c(c2)-c2ccccc2C32c3ccccc3Sc3ccccc32)c2ccc3c(c2)sc2cccc(N(c4ccccc4)c4ccccc4)c23)cc1. The van der Waals surface area contributed by atoms with Crippen LogP contribution in [0, 0.1) is 0 Å². The molecule has 2 nitrogen and oxygen atoms in total. The maximum absolute atomic E-state index is 2.44. The molecule has 12 rings (SSSR count). The lowest BCUT2D eigenvalue weighted by atomic mass is 9.67. The lowest BCUT2D eigenvalue weighted by Gasteiger charge is -2.39. The fraction of sp³-hybridized carbons (Fsp3) is 0.0182. The van der Waals surface area contributed by atoms with E-state index in [0.29, 0.717) is 0 Å². The van der Waals surface area contributed by atoms with E-state index in [4.69, 9.17) is 0 Å². The van der Waals surface area contributed by atoms with Gasteiger partial charge in [0.25, 0.3) is 0 Å². The number of hydrogen-bond donors (Lipinski definition) is 0. The van der Waals surface area contributed by atoms with Gasteiger partial charge >= 0.3 is 0 Å². The minimum atomic E-state index is -0.401. The van der Waals surface area contributed by atoms with Crippen LogP contribution in [-0.2, 0) is 5.41 Å². The zero-order valence-corrected chi connectivity index (χ0v) is 33.6. The van der Waals surface area contributed by atoms with Gasteiger partial charge in [0, 0.05) is 58.4 Å². The highest BCUT2D eigenvalue weighted by atomic mass is 32.2. The Balaban J connectivity index is 1.05. The third-order valence-corrected chi connectivity index (χ3v) is 14.4. The lowest BCUT2D eigenvalue weighted by Crippen LogP contribution is -2.31. The Morgan fingerprint density at radius 2 is 0.864 bits per heavy atom. The minimum absolute atomic E-state index is 0.401. The zero-order valence-electron chi connectivity index (χ0n) is 32.0. The third kappa shape index (κ3) is 5.20. The number of nitrogens with zero attached hydrogens (tertiary/aromatic N) is 2. The van der Waals surface area contributed by atoms with Crippen LogP contribution in [0.25, 0.3) is 31.3 Å². The van der Waals surface area contributed by atoms with Crippen LogP contribution in [0.2, 0.25) is 0 Å². The Morgan fingerprint density at radius 3 is 1.53 bits per heavy atom. The Bertz CT molecular complexity index is 3120. The van der Waals surface area contributed by atoms with Crippen LogP contribution in [0.15, 0.2) is 228 Å². The van der Waals surface area contributed by atoms with Crippen molar-refractivity contribution in [1.29, 1.82) is 0 Å². The molecule has 0 amide bonds. The van der Waals surface area contributed by atoms with Gasteiger partial charge in [0.2, 0.25) is 0 Å². The molecule has 2 heterocycles. The van der Waals surface area contributed by atoms with E-state index < -0.39 is 5.41 Å². The first-order chi connectivity index (χ1) is 29.3. The number of benzene rings is 9. The number of hydrogen-bond acceptors (Lipinski definition) is 4. The van der Waals surface area contributed by atoms with E-state index in [9.17, 15) is 0 Å². The van der Waals surface area contributed by atoms with Crippen molar-refractivity contribution in [2.75, 3.05) is 9.80 Å². The van der Waals surface area contributed by atoms with Crippen LogP contribution in [0.1, 0.15) is 22.3 Å². The second-order valence-electron chi connectivity index (χ2n) is 15.2. The molecule has 2 aliphatic rings. The van der Waals surface area contributed by atoms with Crippen molar-refractivity contribution in [2.24, 2.45) is 0 Å². The molecule has 0 unspecified atom stereocenters. The standard InChI is InChI=1S/C55H36N2S2/c1-4-17-37(18-5-1)56(41-31-33-43-53(36-41)59-52-30-16-27-49(54(43)52)57(38-19-6-2-7-20-38)39-21-8-3-9-22-39)40-32-34-46-44(35-40)42-23-10-11-24-45(42)55(46)47-25-12-14-28-50(47)58-51-29-15-13-26-48(51)55/h1-36H. The van der Waals surface area contributed by atoms with Crippen LogP contribution in [-0.4, -0.2) is 0 Å². The predicted octanol–water partition coefficient (Wildman–Crippen LogP) is 15.8. The van der Waals surface area contributed by atoms with Gasteiger partial charge in [-0.05, 0) is 118 Å². The highest BCUT2D eigenvalue weighted by molar-refractivity contribution is 7.99. The second-order valence-corrected chi connectivity index (χ2v) is 17.4. The molecule has 10 aromatic rings. The van der Waals surface area contributed by atoms with E-state index in [1.165, 1.54) is 69.0 Å². The van der Waals surface area contributed by atoms with Crippen LogP contribution >= 0.6 is 23.1 Å². The summed E-state index contributed by atoms with van der Waals surface area (Å²) in [5.41, 5.74) is 14.4. The molecule has 1 aliphatic heterocycles. The Morgan fingerprint density at radius 1 is 0.339 bits per heavy atom.